The summed E-state index contributed by atoms with van der Waals surface area (Å²) in [6, 6.07) is 5.52. The molecule has 3 rings (SSSR count). The number of phenols is 1. The number of nitrogens with two attached hydrogens (primary N) is 1. The van der Waals surface area contributed by atoms with Gasteiger partial charge in [0.15, 0.2) is 0 Å². The maximum Gasteiger partial charge on any atom is 0.125 e. The number of anilines is 1. The van der Waals surface area contributed by atoms with Crippen molar-refractivity contribution in [1.29, 1.82) is 0 Å². The minimum atomic E-state index is 0.261. The number of nitrogens with zero attached hydrogens (tertiary/aromatic N) is 3. The smallest absolute Gasteiger partial charge is 0.125 e. The van der Waals surface area contributed by atoms with Gasteiger partial charge in [-0.15, -0.1) is 0 Å². The fourth-order valence-electron chi connectivity index (χ4n) is 2.64. The summed E-state index contributed by atoms with van der Waals surface area (Å²) in [5.41, 5.74) is 10.4. The molecule has 1 aromatic carbocycles. The molecule has 0 unspecified atom stereocenters. The first-order valence-electron chi connectivity index (χ1n) is 6.07. The van der Waals surface area contributed by atoms with Gasteiger partial charge in [0.25, 0.3) is 0 Å². The second-order valence-electron chi connectivity index (χ2n) is 4.76. The molecule has 2 aromatic heterocycles. The van der Waals surface area contributed by atoms with Gasteiger partial charge in [0.05, 0.1) is 28.5 Å². The van der Waals surface area contributed by atoms with Crippen LogP contribution < -0.4 is 5.73 Å². The number of rotatable bonds is 1. The van der Waals surface area contributed by atoms with Crippen LogP contribution in [0, 0.1) is 6.92 Å². The van der Waals surface area contributed by atoms with Crippen molar-refractivity contribution in [3.8, 4) is 17.0 Å². The summed E-state index contributed by atoms with van der Waals surface area (Å²) in [4.78, 5) is 0. The SMILES string of the molecule is Cc1c(-c2c(N)cnn2C)c2c(O)cccc2n1C. The van der Waals surface area contributed by atoms with E-state index in [9.17, 15) is 5.11 Å². The van der Waals surface area contributed by atoms with Crippen LogP contribution >= 0.6 is 0 Å². The molecule has 0 aliphatic carbocycles. The highest BCUT2D eigenvalue weighted by atomic mass is 16.3. The van der Waals surface area contributed by atoms with Crippen LogP contribution in [0.1, 0.15) is 5.69 Å². The number of aromatic nitrogens is 3. The highest BCUT2D eigenvalue weighted by Gasteiger charge is 2.20. The molecule has 0 radical (unpaired) electrons. The highest BCUT2D eigenvalue weighted by molar-refractivity contribution is 6.03. The molecule has 5 heteroatoms. The minimum absolute atomic E-state index is 0.261. The second kappa shape index (κ2) is 3.78. The predicted molar refractivity (Wildman–Crippen MR) is 75.9 cm³/mol. The van der Waals surface area contributed by atoms with Crippen LogP contribution in [0.4, 0.5) is 5.69 Å². The number of hydrogen-bond donors (Lipinski definition) is 2. The van der Waals surface area contributed by atoms with Gasteiger partial charge in [0.1, 0.15) is 5.75 Å². The van der Waals surface area contributed by atoms with E-state index in [1.165, 1.54) is 0 Å². The van der Waals surface area contributed by atoms with Crippen LogP contribution in [-0.4, -0.2) is 19.5 Å². The molecule has 0 saturated heterocycles. The van der Waals surface area contributed by atoms with Gasteiger partial charge in [-0.2, -0.15) is 5.10 Å². The van der Waals surface area contributed by atoms with Gasteiger partial charge < -0.3 is 15.4 Å². The van der Waals surface area contributed by atoms with Crippen molar-refractivity contribution in [3.05, 3.63) is 30.1 Å². The number of aryl methyl sites for hydroxylation is 2. The molecule has 0 fully saturated rings. The van der Waals surface area contributed by atoms with Crippen molar-refractivity contribution in [2.24, 2.45) is 14.1 Å². The molecule has 3 N–H and O–H groups in total. The Morgan fingerprint density at radius 3 is 2.63 bits per heavy atom. The van der Waals surface area contributed by atoms with Crippen molar-refractivity contribution in [3.63, 3.8) is 0 Å². The van der Waals surface area contributed by atoms with E-state index in [1.807, 2.05) is 33.2 Å². The Hall–Kier alpha value is -2.43. The summed E-state index contributed by atoms with van der Waals surface area (Å²) in [5.74, 6) is 0.261. The van der Waals surface area contributed by atoms with Gasteiger partial charge in [-0.3, -0.25) is 4.68 Å². The number of hydrogen-bond acceptors (Lipinski definition) is 3. The standard InChI is InChI=1S/C14H16N4O/c1-8-12(14-9(15)7-16-18(14)3)13-10(17(8)2)5-4-6-11(13)19/h4-7,19H,15H2,1-3H3. The number of nitrogen functional groups attached to an aromatic ring is 1. The topological polar surface area (TPSA) is 69.0 Å². The van der Waals surface area contributed by atoms with E-state index in [4.69, 9.17) is 5.73 Å². The maximum absolute atomic E-state index is 10.2. The maximum atomic E-state index is 10.2. The van der Waals surface area contributed by atoms with Gasteiger partial charge >= 0.3 is 0 Å². The number of benzene rings is 1. The predicted octanol–water partition coefficient (Wildman–Crippen LogP) is 2.18. The monoisotopic (exact) mass is 256 g/mol. The molecule has 2 heterocycles. The molecule has 0 spiro atoms. The third-order valence-corrected chi connectivity index (χ3v) is 3.70. The molecule has 0 atom stereocenters. The Bertz CT molecular complexity index is 763. The molecule has 0 saturated carbocycles. The lowest BCUT2D eigenvalue weighted by atomic mass is 10.1. The van der Waals surface area contributed by atoms with Crippen molar-refractivity contribution in [1.82, 2.24) is 14.3 Å². The van der Waals surface area contributed by atoms with Crippen LogP contribution in [0.5, 0.6) is 5.75 Å². The average molecular weight is 256 g/mol. The number of fused-ring (bicyclic) bond motifs is 1. The molecule has 98 valence electrons. The van der Waals surface area contributed by atoms with Crippen molar-refractivity contribution in [2.75, 3.05) is 5.73 Å². The lowest BCUT2D eigenvalue weighted by molar-refractivity contribution is 0.482. The summed E-state index contributed by atoms with van der Waals surface area (Å²) in [5, 5.41) is 15.2. The van der Waals surface area contributed by atoms with Gasteiger partial charge in [-0.1, -0.05) is 6.07 Å². The van der Waals surface area contributed by atoms with Crippen molar-refractivity contribution >= 4 is 16.6 Å². The van der Waals surface area contributed by atoms with Crippen LogP contribution in [0.25, 0.3) is 22.2 Å². The zero-order valence-electron chi connectivity index (χ0n) is 11.2. The Morgan fingerprint density at radius 1 is 1.26 bits per heavy atom. The van der Waals surface area contributed by atoms with Gasteiger partial charge in [-0.05, 0) is 19.1 Å². The fraction of sp³-hybridized carbons (Fsp3) is 0.214. The van der Waals surface area contributed by atoms with E-state index in [0.717, 1.165) is 27.9 Å². The van der Waals surface area contributed by atoms with E-state index < -0.39 is 0 Å². The first-order valence-corrected chi connectivity index (χ1v) is 6.07. The molecule has 0 aliphatic rings. The van der Waals surface area contributed by atoms with Gasteiger partial charge in [0.2, 0.25) is 0 Å². The van der Waals surface area contributed by atoms with Crippen LogP contribution in [-0.2, 0) is 14.1 Å². The van der Waals surface area contributed by atoms with E-state index >= 15 is 0 Å². The van der Waals surface area contributed by atoms with E-state index in [2.05, 4.69) is 9.67 Å². The van der Waals surface area contributed by atoms with Crippen LogP contribution in [0.15, 0.2) is 24.4 Å². The first kappa shape index (κ1) is 11.6. The average Bonchev–Trinajstić information content (AvgIpc) is 2.82. The Kier molecular flexibility index (Phi) is 2.32. The molecule has 0 bridgehead atoms. The Balaban J connectivity index is 2.52. The minimum Gasteiger partial charge on any atom is -0.507 e. The lowest BCUT2D eigenvalue weighted by Gasteiger charge is -2.05. The zero-order chi connectivity index (χ0) is 13.7. The first-order chi connectivity index (χ1) is 9.02. The van der Waals surface area contributed by atoms with E-state index in [-0.39, 0.29) is 5.75 Å². The molecular weight excluding hydrogens is 240 g/mol. The summed E-state index contributed by atoms with van der Waals surface area (Å²) < 4.78 is 3.79. The third-order valence-electron chi connectivity index (χ3n) is 3.70. The Labute approximate surface area is 110 Å². The quantitative estimate of drug-likeness (QED) is 0.701. The van der Waals surface area contributed by atoms with Crippen molar-refractivity contribution < 1.29 is 5.11 Å². The van der Waals surface area contributed by atoms with Gasteiger partial charge in [0, 0.05) is 25.4 Å². The van der Waals surface area contributed by atoms with Gasteiger partial charge in [-0.25, -0.2) is 0 Å². The molecule has 0 amide bonds. The fourth-order valence-corrected chi connectivity index (χ4v) is 2.64. The second-order valence-corrected chi connectivity index (χ2v) is 4.76. The molecule has 0 aliphatic heterocycles. The lowest BCUT2D eigenvalue weighted by Crippen LogP contribution is -1.98. The van der Waals surface area contributed by atoms with Crippen LogP contribution in [0.3, 0.4) is 0 Å². The van der Waals surface area contributed by atoms with E-state index in [1.54, 1.807) is 16.9 Å². The number of phenolic OH excluding ortho intramolecular Hbond substituents is 1. The largest absolute Gasteiger partial charge is 0.507 e. The van der Waals surface area contributed by atoms with E-state index in [0.29, 0.717) is 5.69 Å². The number of aromatic hydroxyl groups is 1. The van der Waals surface area contributed by atoms with Crippen LogP contribution in [0.2, 0.25) is 0 Å². The Morgan fingerprint density at radius 2 is 2.00 bits per heavy atom. The summed E-state index contributed by atoms with van der Waals surface area (Å²) in [7, 11) is 3.83. The highest BCUT2D eigenvalue weighted by Crippen LogP contribution is 2.40. The molecule has 5 nitrogen and oxygen atoms in total. The van der Waals surface area contributed by atoms with Crippen molar-refractivity contribution in [2.45, 2.75) is 6.92 Å². The molecule has 19 heavy (non-hydrogen) atoms. The summed E-state index contributed by atoms with van der Waals surface area (Å²) in [6.45, 7) is 2.02. The third kappa shape index (κ3) is 1.44. The summed E-state index contributed by atoms with van der Waals surface area (Å²) in [6.07, 6.45) is 1.63. The molecular formula is C14H16N4O. The normalized spacial score (nSPS) is 11.3. The zero-order valence-corrected chi connectivity index (χ0v) is 11.2. The summed E-state index contributed by atoms with van der Waals surface area (Å²) >= 11 is 0. The molecule has 3 aromatic rings.